The topological polar surface area (TPSA) is 59.9 Å². The SMILES string of the molecule is CN(C)CCN(C)C(=O)[C@@H]1CCCN1c1cc(-c2ccc(Cl)s2)cc(-c2cc(F)ccc2O)n1. The predicted octanol–water partition coefficient (Wildman–Crippen LogP) is 4.96. The second-order valence-electron chi connectivity index (χ2n) is 8.78. The summed E-state index contributed by atoms with van der Waals surface area (Å²) in [5.41, 5.74) is 1.59. The first kappa shape index (κ1) is 24.4. The lowest BCUT2D eigenvalue weighted by molar-refractivity contribution is -0.131. The monoisotopic (exact) mass is 502 g/mol. The zero-order valence-corrected chi connectivity index (χ0v) is 21.0. The molecular formula is C25H28ClFN4O2S. The van der Waals surface area contributed by atoms with Crippen LogP contribution in [-0.4, -0.2) is 72.6 Å². The van der Waals surface area contributed by atoms with Gasteiger partial charge in [-0.15, -0.1) is 11.3 Å². The zero-order valence-electron chi connectivity index (χ0n) is 19.5. The first-order valence-electron chi connectivity index (χ1n) is 11.2. The van der Waals surface area contributed by atoms with E-state index < -0.39 is 5.82 Å². The average Bonchev–Trinajstić information content (AvgIpc) is 3.47. The number of phenolic OH excluding ortho intramolecular Hbond substituents is 1. The van der Waals surface area contributed by atoms with E-state index >= 15 is 0 Å². The van der Waals surface area contributed by atoms with Gasteiger partial charge in [-0.2, -0.15) is 0 Å². The summed E-state index contributed by atoms with van der Waals surface area (Å²) in [6.45, 7) is 2.11. The Morgan fingerprint density at radius 1 is 1.21 bits per heavy atom. The number of halogens is 2. The van der Waals surface area contributed by atoms with Crippen LogP contribution >= 0.6 is 22.9 Å². The standard InChI is InChI=1S/C25H28ClFN4O2S/c1-29(2)11-12-30(3)25(33)20-5-4-10-31(20)24-14-16(22-8-9-23(26)34-22)13-19(28-24)18-15-17(27)6-7-21(18)32/h6-9,13-15,20,32H,4-5,10-12H2,1-3H3/t20-/m0/s1. The molecule has 9 heteroatoms. The maximum Gasteiger partial charge on any atom is 0.245 e. The molecule has 1 aliphatic rings. The molecule has 0 bridgehead atoms. The summed E-state index contributed by atoms with van der Waals surface area (Å²) in [6.07, 6.45) is 1.61. The Morgan fingerprint density at radius 3 is 2.71 bits per heavy atom. The fourth-order valence-electron chi connectivity index (χ4n) is 4.14. The van der Waals surface area contributed by atoms with Crippen molar-refractivity contribution >= 4 is 34.7 Å². The van der Waals surface area contributed by atoms with E-state index in [9.17, 15) is 14.3 Å². The molecule has 6 nitrogen and oxygen atoms in total. The molecule has 0 radical (unpaired) electrons. The van der Waals surface area contributed by atoms with Gasteiger partial charge in [0.05, 0.1) is 10.0 Å². The van der Waals surface area contributed by atoms with Crippen LogP contribution in [-0.2, 0) is 4.79 Å². The third-order valence-electron chi connectivity index (χ3n) is 6.00. The van der Waals surface area contributed by atoms with Crippen LogP contribution in [0, 0.1) is 5.82 Å². The van der Waals surface area contributed by atoms with Crippen LogP contribution in [0.15, 0.2) is 42.5 Å². The van der Waals surface area contributed by atoms with E-state index in [-0.39, 0.29) is 17.7 Å². The Bertz CT molecular complexity index is 1190. The van der Waals surface area contributed by atoms with Gasteiger partial charge in [0, 0.05) is 37.1 Å². The lowest BCUT2D eigenvalue weighted by atomic mass is 10.1. The number of phenols is 1. The fraction of sp³-hybridized carbons (Fsp3) is 0.360. The van der Waals surface area contributed by atoms with Gasteiger partial charge in [-0.25, -0.2) is 9.37 Å². The first-order valence-corrected chi connectivity index (χ1v) is 12.4. The minimum absolute atomic E-state index is 0.0564. The number of carbonyl (C=O) groups excluding carboxylic acids is 1. The minimum Gasteiger partial charge on any atom is -0.507 e. The van der Waals surface area contributed by atoms with Crippen molar-refractivity contribution in [2.75, 3.05) is 45.7 Å². The minimum atomic E-state index is -0.461. The molecule has 3 heterocycles. The molecule has 0 unspecified atom stereocenters. The van der Waals surface area contributed by atoms with Gasteiger partial charge >= 0.3 is 0 Å². The molecule has 0 aliphatic carbocycles. The first-order chi connectivity index (χ1) is 16.2. The number of rotatable bonds is 7. The smallest absolute Gasteiger partial charge is 0.245 e. The molecule has 4 rings (SSSR count). The molecule has 3 aromatic rings. The Balaban J connectivity index is 1.74. The van der Waals surface area contributed by atoms with E-state index in [1.165, 1.54) is 29.5 Å². The van der Waals surface area contributed by atoms with Crippen molar-refractivity contribution in [2.24, 2.45) is 0 Å². The molecule has 1 aromatic carbocycles. The molecule has 1 atom stereocenters. The van der Waals surface area contributed by atoms with E-state index in [4.69, 9.17) is 16.6 Å². The largest absolute Gasteiger partial charge is 0.507 e. The number of carbonyl (C=O) groups is 1. The fourth-order valence-corrected chi connectivity index (χ4v) is 5.17. The van der Waals surface area contributed by atoms with Crippen LogP contribution in [0.3, 0.4) is 0 Å². The van der Waals surface area contributed by atoms with Crippen LogP contribution < -0.4 is 4.90 Å². The number of aromatic nitrogens is 1. The molecule has 1 fully saturated rings. The Labute approximate surface area is 208 Å². The van der Waals surface area contributed by atoms with E-state index in [0.29, 0.717) is 34.5 Å². The lowest BCUT2D eigenvalue weighted by Gasteiger charge is -2.30. The van der Waals surface area contributed by atoms with Crippen molar-refractivity contribution in [3.05, 3.63) is 52.6 Å². The second-order valence-corrected chi connectivity index (χ2v) is 10.5. The molecule has 1 N–H and O–H groups in total. The predicted molar refractivity (Wildman–Crippen MR) is 136 cm³/mol. The number of thiophene rings is 1. The van der Waals surface area contributed by atoms with Gasteiger partial charge in [-0.3, -0.25) is 4.79 Å². The third kappa shape index (κ3) is 5.35. The number of pyridine rings is 1. The van der Waals surface area contributed by atoms with Crippen molar-refractivity contribution in [3.8, 4) is 27.4 Å². The molecule has 1 aliphatic heterocycles. The third-order valence-corrected chi connectivity index (χ3v) is 7.28. The second kappa shape index (κ2) is 10.3. The van der Waals surface area contributed by atoms with Gasteiger partial charge in [0.25, 0.3) is 0 Å². The van der Waals surface area contributed by atoms with E-state index in [1.807, 2.05) is 55.2 Å². The van der Waals surface area contributed by atoms with Gasteiger partial charge in [0.15, 0.2) is 0 Å². The Morgan fingerprint density at radius 2 is 2.00 bits per heavy atom. The maximum absolute atomic E-state index is 14.0. The van der Waals surface area contributed by atoms with Crippen molar-refractivity contribution in [1.82, 2.24) is 14.8 Å². The van der Waals surface area contributed by atoms with Crippen molar-refractivity contribution in [2.45, 2.75) is 18.9 Å². The van der Waals surface area contributed by atoms with Crippen molar-refractivity contribution in [1.29, 1.82) is 0 Å². The van der Waals surface area contributed by atoms with Gasteiger partial charge in [-0.1, -0.05) is 11.6 Å². The van der Waals surface area contributed by atoms with Crippen molar-refractivity contribution < 1.29 is 14.3 Å². The van der Waals surface area contributed by atoms with Gasteiger partial charge in [0.2, 0.25) is 5.91 Å². The van der Waals surface area contributed by atoms with Crippen LogP contribution in [0.4, 0.5) is 10.2 Å². The Kier molecular flexibility index (Phi) is 7.40. The molecule has 1 amide bonds. The highest BCUT2D eigenvalue weighted by Crippen LogP contribution is 2.38. The number of hydrogen-bond donors (Lipinski definition) is 1. The normalized spacial score (nSPS) is 15.8. The summed E-state index contributed by atoms with van der Waals surface area (Å²) in [7, 11) is 5.79. The number of nitrogens with zero attached hydrogens (tertiary/aromatic N) is 4. The van der Waals surface area contributed by atoms with Crippen LogP contribution in [0.5, 0.6) is 5.75 Å². The average molecular weight is 503 g/mol. The van der Waals surface area contributed by atoms with E-state index in [0.717, 1.165) is 29.8 Å². The zero-order chi connectivity index (χ0) is 24.4. The number of anilines is 1. The molecule has 0 saturated carbocycles. The van der Waals surface area contributed by atoms with Crippen LogP contribution in [0.2, 0.25) is 4.34 Å². The summed E-state index contributed by atoms with van der Waals surface area (Å²) >= 11 is 7.61. The molecule has 180 valence electrons. The van der Waals surface area contributed by atoms with Crippen LogP contribution in [0.25, 0.3) is 21.7 Å². The summed E-state index contributed by atoms with van der Waals surface area (Å²) < 4.78 is 14.7. The van der Waals surface area contributed by atoms with Gasteiger partial charge in [-0.05, 0) is 75.0 Å². The maximum atomic E-state index is 14.0. The van der Waals surface area contributed by atoms with Gasteiger partial charge < -0.3 is 19.8 Å². The van der Waals surface area contributed by atoms with E-state index in [2.05, 4.69) is 0 Å². The highest BCUT2D eigenvalue weighted by atomic mass is 35.5. The number of likely N-dealkylation sites (N-methyl/N-ethyl adjacent to an activating group) is 2. The highest BCUT2D eigenvalue weighted by Gasteiger charge is 2.34. The molecule has 2 aromatic heterocycles. The highest BCUT2D eigenvalue weighted by molar-refractivity contribution is 7.19. The Hall–Kier alpha value is -2.68. The molecule has 34 heavy (non-hydrogen) atoms. The molecular weight excluding hydrogens is 475 g/mol. The molecule has 1 saturated heterocycles. The number of hydrogen-bond acceptors (Lipinski definition) is 6. The summed E-state index contributed by atoms with van der Waals surface area (Å²) in [6, 6.07) is 11.0. The van der Waals surface area contributed by atoms with Crippen LogP contribution in [0.1, 0.15) is 12.8 Å². The van der Waals surface area contributed by atoms with Crippen molar-refractivity contribution in [3.63, 3.8) is 0 Å². The molecule has 0 spiro atoms. The number of benzene rings is 1. The summed E-state index contributed by atoms with van der Waals surface area (Å²) in [4.78, 5) is 24.8. The summed E-state index contributed by atoms with van der Waals surface area (Å²) in [5.74, 6) is 0.162. The number of amides is 1. The lowest BCUT2D eigenvalue weighted by Crippen LogP contribution is -2.46. The summed E-state index contributed by atoms with van der Waals surface area (Å²) in [5, 5.41) is 10.4. The number of aromatic hydroxyl groups is 1. The quantitative estimate of drug-likeness (QED) is 0.494. The van der Waals surface area contributed by atoms with E-state index in [1.54, 1.807) is 4.90 Å². The van der Waals surface area contributed by atoms with Gasteiger partial charge in [0.1, 0.15) is 23.4 Å².